The van der Waals surface area contributed by atoms with Crippen LogP contribution in [0.25, 0.3) is 0 Å². The lowest BCUT2D eigenvalue weighted by Gasteiger charge is -2.35. The highest BCUT2D eigenvalue weighted by atomic mass is 16.7. The second-order valence-corrected chi connectivity index (χ2v) is 6.20. The van der Waals surface area contributed by atoms with Gasteiger partial charge in [-0.15, -0.1) is 0 Å². The Labute approximate surface area is 141 Å². The Morgan fingerprint density at radius 1 is 1.33 bits per heavy atom. The second kappa shape index (κ2) is 7.19. The van der Waals surface area contributed by atoms with Crippen LogP contribution < -0.4 is 5.32 Å². The van der Waals surface area contributed by atoms with Gasteiger partial charge in [0.15, 0.2) is 0 Å². The number of benzene rings is 1. The van der Waals surface area contributed by atoms with Crippen molar-refractivity contribution in [2.24, 2.45) is 5.92 Å². The van der Waals surface area contributed by atoms with Crippen molar-refractivity contribution in [3.05, 3.63) is 35.9 Å². The molecule has 2 heterocycles. The van der Waals surface area contributed by atoms with Crippen LogP contribution in [0.4, 0.5) is 4.79 Å². The zero-order valence-electron chi connectivity index (χ0n) is 14.0. The zero-order valence-corrected chi connectivity index (χ0v) is 14.0. The van der Waals surface area contributed by atoms with Crippen molar-refractivity contribution < 1.29 is 19.2 Å². The number of urea groups is 1. The molecule has 7 heteroatoms. The average Bonchev–Trinajstić information content (AvgIpc) is 2.85. The number of esters is 1. The molecule has 2 saturated heterocycles. The summed E-state index contributed by atoms with van der Waals surface area (Å²) in [4.78, 5) is 32.2. The predicted octanol–water partition coefficient (Wildman–Crippen LogP) is 1.01. The molecule has 0 unspecified atom stereocenters. The Balaban J connectivity index is 1.73. The number of carbonyl (C=O) groups is 2. The minimum absolute atomic E-state index is 0.00970. The minimum Gasteiger partial charge on any atom is -0.467 e. The molecule has 130 valence electrons. The van der Waals surface area contributed by atoms with E-state index in [0.717, 1.165) is 5.56 Å². The Kier molecular flexibility index (Phi) is 5.01. The number of hydroxylamine groups is 2. The van der Waals surface area contributed by atoms with Crippen LogP contribution in [0.5, 0.6) is 0 Å². The van der Waals surface area contributed by atoms with E-state index in [4.69, 9.17) is 9.57 Å². The molecule has 2 bridgehead atoms. The standard InChI is InChI=1S/C17H23N3O4/c1-18-9-13-8-14-10-19(15(13)16(21)23-2)17(22)20(14)24-11-12-6-4-3-5-7-12/h3-7,13-15,18H,8-11H2,1-2H3/t13-,14+,15-/m0/s1. The van der Waals surface area contributed by atoms with E-state index >= 15 is 0 Å². The Hall–Kier alpha value is -2.12. The van der Waals surface area contributed by atoms with Crippen molar-refractivity contribution in [2.75, 3.05) is 27.2 Å². The van der Waals surface area contributed by atoms with E-state index in [0.29, 0.717) is 26.1 Å². The highest BCUT2D eigenvalue weighted by Crippen LogP contribution is 2.34. The van der Waals surface area contributed by atoms with Gasteiger partial charge < -0.3 is 15.0 Å². The van der Waals surface area contributed by atoms with Gasteiger partial charge in [0.25, 0.3) is 0 Å². The number of amides is 2. The molecule has 0 aliphatic carbocycles. The van der Waals surface area contributed by atoms with Crippen LogP contribution in [-0.2, 0) is 21.0 Å². The average molecular weight is 333 g/mol. The van der Waals surface area contributed by atoms with Crippen molar-refractivity contribution in [2.45, 2.75) is 25.1 Å². The molecule has 2 amide bonds. The number of piperidine rings is 1. The zero-order chi connectivity index (χ0) is 17.1. The Bertz CT molecular complexity index is 595. The predicted molar refractivity (Wildman–Crippen MR) is 86.8 cm³/mol. The number of carbonyl (C=O) groups excluding carboxylic acids is 2. The van der Waals surface area contributed by atoms with Crippen molar-refractivity contribution in [3.63, 3.8) is 0 Å². The molecular formula is C17H23N3O4. The van der Waals surface area contributed by atoms with Gasteiger partial charge in [-0.25, -0.2) is 9.59 Å². The third-order valence-electron chi connectivity index (χ3n) is 4.65. The van der Waals surface area contributed by atoms with E-state index in [9.17, 15) is 9.59 Å². The van der Waals surface area contributed by atoms with Crippen LogP contribution in [0.1, 0.15) is 12.0 Å². The SMILES string of the molecule is CNC[C@@H]1C[C@@H]2CN(C(=O)N2OCc2ccccc2)[C@@H]1C(=O)OC. The molecule has 1 N–H and O–H groups in total. The number of ether oxygens (including phenoxy) is 1. The molecule has 2 fully saturated rings. The quantitative estimate of drug-likeness (QED) is 0.787. The van der Waals surface area contributed by atoms with Gasteiger partial charge >= 0.3 is 12.0 Å². The summed E-state index contributed by atoms with van der Waals surface area (Å²) < 4.78 is 4.91. The number of hydrogen-bond donors (Lipinski definition) is 1. The summed E-state index contributed by atoms with van der Waals surface area (Å²) in [6, 6.07) is 8.85. The normalized spacial score (nSPS) is 25.9. The smallest absolute Gasteiger partial charge is 0.345 e. The van der Waals surface area contributed by atoms with E-state index in [1.807, 2.05) is 37.4 Å². The molecule has 2 aliphatic heterocycles. The topological polar surface area (TPSA) is 71.1 Å². The third-order valence-corrected chi connectivity index (χ3v) is 4.65. The monoisotopic (exact) mass is 333 g/mol. The van der Waals surface area contributed by atoms with Crippen molar-refractivity contribution in [1.29, 1.82) is 0 Å². The summed E-state index contributed by atoms with van der Waals surface area (Å²) in [6.45, 7) is 1.47. The van der Waals surface area contributed by atoms with Crippen molar-refractivity contribution >= 4 is 12.0 Å². The lowest BCUT2D eigenvalue weighted by Crippen LogP contribution is -2.53. The van der Waals surface area contributed by atoms with Crippen LogP contribution in [0.2, 0.25) is 0 Å². The van der Waals surface area contributed by atoms with E-state index < -0.39 is 6.04 Å². The summed E-state index contributed by atoms with van der Waals surface area (Å²) >= 11 is 0. The van der Waals surface area contributed by atoms with Gasteiger partial charge in [0.2, 0.25) is 0 Å². The summed E-state index contributed by atoms with van der Waals surface area (Å²) in [5.74, 6) is -0.359. The number of methoxy groups -OCH3 is 1. The summed E-state index contributed by atoms with van der Waals surface area (Å²) in [5.41, 5.74) is 0.998. The molecule has 1 aromatic rings. The maximum absolute atomic E-state index is 12.7. The van der Waals surface area contributed by atoms with Gasteiger partial charge in [0, 0.05) is 19.0 Å². The first-order chi connectivity index (χ1) is 11.7. The van der Waals surface area contributed by atoms with Gasteiger partial charge in [-0.3, -0.25) is 4.84 Å². The fraction of sp³-hybridized carbons (Fsp3) is 0.529. The number of rotatable bonds is 6. The fourth-order valence-corrected chi connectivity index (χ4v) is 3.57. The molecule has 7 nitrogen and oxygen atoms in total. The van der Waals surface area contributed by atoms with Crippen LogP contribution in [-0.4, -0.2) is 61.3 Å². The van der Waals surface area contributed by atoms with E-state index in [1.165, 1.54) is 12.2 Å². The second-order valence-electron chi connectivity index (χ2n) is 6.20. The fourth-order valence-electron chi connectivity index (χ4n) is 3.57. The molecule has 0 saturated carbocycles. The lowest BCUT2D eigenvalue weighted by atomic mass is 9.88. The van der Waals surface area contributed by atoms with Gasteiger partial charge in [-0.2, -0.15) is 5.06 Å². The molecule has 2 aliphatic rings. The van der Waals surface area contributed by atoms with E-state index in [-0.39, 0.29) is 24.0 Å². The highest BCUT2D eigenvalue weighted by molar-refractivity contribution is 5.85. The molecule has 24 heavy (non-hydrogen) atoms. The molecule has 0 radical (unpaired) electrons. The van der Waals surface area contributed by atoms with Crippen molar-refractivity contribution in [3.8, 4) is 0 Å². The first kappa shape index (κ1) is 16.7. The third kappa shape index (κ3) is 3.09. The lowest BCUT2D eigenvalue weighted by molar-refractivity contribution is -0.149. The van der Waals surface area contributed by atoms with Crippen molar-refractivity contribution in [1.82, 2.24) is 15.3 Å². The molecule has 3 rings (SSSR count). The van der Waals surface area contributed by atoms with E-state index in [1.54, 1.807) is 4.90 Å². The Morgan fingerprint density at radius 2 is 2.08 bits per heavy atom. The molecule has 1 aromatic carbocycles. The van der Waals surface area contributed by atoms with Crippen LogP contribution >= 0.6 is 0 Å². The maximum Gasteiger partial charge on any atom is 0.345 e. The first-order valence-corrected chi connectivity index (χ1v) is 8.14. The number of nitrogens with one attached hydrogen (secondary N) is 1. The molecule has 0 spiro atoms. The molecular weight excluding hydrogens is 310 g/mol. The minimum atomic E-state index is -0.559. The highest BCUT2D eigenvalue weighted by Gasteiger charge is 2.52. The van der Waals surface area contributed by atoms with Crippen LogP contribution in [0.15, 0.2) is 30.3 Å². The van der Waals surface area contributed by atoms with E-state index in [2.05, 4.69) is 5.32 Å². The number of nitrogens with zero attached hydrogens (tertiary/aromatic N) is 2. The summed E-state index contributed by atoms with van der Waals surface area (Å²) in [6.07, 6.45) is 0.706. The van der Waals surface area contributed by atoms with Gasteiger partial charge in [-0.05, 0) is 19.0 Å². The van der Waals surface area contributed by atoms with Gasteiger partial charge in [0.05, 0.1) is 13.2 Å². The Morgan fingerprint density at radius 3 is 2.75 bits per heavy atom. The molecule has 3 atom stereocenters. The first-order valence-electron chi connectivity index (χ1n) is 8.14. The maximum atomic E-state index is 12.7. The molecule has 0 aromatic heterocycles. The summed E-state index contributed by atoms with van der Waals surface area (Å²) in [5, 5.41) is 4.53. The van der Waals surface area contributed by atoms with Gasteiger partial charge in [-0.1, -0.05) is 30.3 Å². The van der Waals surface area contributed by atoms with Gasteiger partial charge in [0.1, 0.15) is 12.6 Å². The largest absolute Gasteiger partial charge is 0.467 e. The summed E-state index contributed by atoms with van der Waals surface area (Å²) in [7, 11) is 3.20. The number of hydrogen-bond acceptors (Lipinski definition) is 5. The number of fused-ring (bicyclic) bond motifs is 2. The van der Waals surface area contributed by atoms with Crippen LogP contribution in [0, 0.1) is 5.92 Å². The van der Waals surface area contributed by atoms with Crippen LogP contribution in [0.3, 0.4) is 0 Å².